The van der Waals surface area contributed by atoms with Gasteiger partial charge in [-0.3, -0.25) is 4.79 Å². The summed E-state index contributed by atoms with van der Waals surface area (Å²) >= 11 is 9.01. The minimum atomic E-state index is -0.344. The Hall–Kier alpha value is -1.05. The maximum atomic E-state index is 11.1. The Morgan fingerprint density at radius 1 is 1.56 bits per heavy atom. The number of nitriles is 1. The number of benzene rings is 1. The second kappa shape index (κ2) is 5.88. The molecule has 1 aromatic rings. The molecule has 1 rings (SSSR count). The van der Waals surface area contributed by atoms with E-state index in [0.29, 0.717) is 10.0 Å². The number of methoxy groups -OCH3 is 1. The predicted molar refractivity (Wildman–Crippen MR) is 64.1 cm³/mol. The molecule has 0 fully saturated rings. The highest BCUT2D eigenvalue weighted by Crippen LogP contribution is 2.26. The van der Waals surface area contributed by atoms with Crippen molar-refractivity contribution in [3.05, 3.63) is 33.3 Å². The van der Waals surface area contributed by atoms with Crippen molar-refractivity contribution in [1.82, 2.24) is 0 Å². The summed E-state index contributed by atoms with van der Waals surface area (Å²) in [4.78, 5) is 11.1. The summed E-state index contributed by atoms with van der Waals surface area (Å²) in [6.45, 7) is 0. The second-order valence-corrected chi connectivity index (χ2v) is 4.13. The fraction of sp³-hybridized carbons (Fsp3) is 0.273. The molecular weight excluding hydrogens is 293 g/mol. The third kappa shape index (κ3) is 2.75. The van der Waals surface area contributed by atoms with Crippen molar-refractivity contribution in [3.8, 4) is 6.07 Å². The first-order valence-corrected chi connectivity index (χ1v) is 5.80. The lowest BCUT2D eigenvalue weighted by atomic mass is 10.0. The predicted octanol–water partition coefficient (Wildman–Crippen LogP) is 2.78. The molecule has 0 radical (unpaired) electrons. The van der Waals surface area contributed by atoms with Gasteiger partial charge in [-0.15, -0.1) is 11.6 Å². The van der Waals surface area contributed by atoms with Gasteiger partial charge >= 0.3 is 5.97 Å². The molecule has 5 heteroatoms. The van der Waals surface area contributed by atoms with Crippen LogP contribution in [0.5, 0.6) is 0 Å². The van der Waals surface area contributed by atoms with Crippen LogP contribution in [0.4, 0.5) is 0 Å². The molecule has 0 aliphatic rings. The number of esters is 1. The standard InChI is InChI=1S/C11H9BrClNO2/c1-16-10(15)4-7-2-3-8(5-13)9(6-14)11(7)12/h2-3H,4-5H2,1H3. The van der Waals surface area contributed by atoms with E-state index in [9.17, 15) is 4.79 Å². The molecule has 0 amide bonds. The van der Waals surface area contributed by atoms with Crippen LogP contribution in [-0.4, -0.2) is 13.1 Å². The van der Waals surface area contributed by atoms with Gasteiger partial charge in [-0.05, 0) is 27.1 Å². The molecule has 0 saturated carbocycles. The molecule has 0 aliphatic carbocycles. The van der Waals surface area contributed by atoms with E-state index in [1.54, 1.807) is 12.1 Å². The Kier molecular flexibility index (Phi) is 4.78. The van der Waals surface area contributed by atoms with Gasteiger partial charge in [-0.2, -0.15) is 5.26 Å². The summed E-state index contributed by atoms with van der Waals surface area (Å²) in [7, 11) is 1.33. The third-order valence-corrected chi connectivity index (χ3v) is 3.32. The van der Waals surface area contributed by atoms with Crippen molar-refractivity contribution in [2.75, 3.05) is 7.11 Å². The van der Waals surface area contributed by atoms with Gasteiger partial charge in [0.05, 0.1) is 19.1 Å². The quantitative estimate of drug-likeness (QED) is 0.637. The van der Waals surface area contributed by atoms with Crippen LogP contribution < -0.4 is 0 Å². The summed E-state index contributed by atoms with van der Waals surface area (Å²) < 4.78 is 5.18. The number of alkyl halides is 1. The van der Waals surface area contributed by atoms with Crippen LogP contribution in [-0.2, 0) is 21.8 Å². The molecule has 0 saturated heterocycles. The largest absolute Gasteiger partial charge is 0.469 e. The molecule has 0 N–H and O–H groups in total. The van der Waals surface area contributed by atoms with Gasteiger partial charge in [0.15, 0.2) is 0 Å². The van der Waals surface area contributed by atoms with Crippen LogP contribution in [0.25, 0.3) is 0 Å². The van der Waals surface area contributed by atoms with Crippen molar-refractivity contribution < 1.29 is 9.53 Å². The average Bonchev–Trinajstić information content (AvgIpc) is 2.31. The van der Waals surface area contributed by atoms with Crippen LogP contribution in [0.1, 0.15) is 16.7 Å². The third-order valence-electron chi connectivity index (χ3n) is 2.13. The van der Waals surface area contributed by atoms with Crippen LogP contribution in [0.2, 0.25) is 0 Å². The number of nitrogens with zero attached hydrogens (tertiary/aromatic N) is 1. The van der Waals surface area contributed by atoms with Crippen LogP contribution in [0.15, 0.2) is 16.6 Å². The molecule has 0 aliphatic heterocycles. The van der Waals surface area contributed by atoms with Gasteiger partial charge < -0.3 is 4.74 Å². The Balaban J connectivity index is 3.15. The fourth-order valence-electron chi connectivity index (χ4n) is 1.26. The van der Waals surface area contributed by atoms with Crippen molar-refractivity contribution in [2.24, 2.45) is 0 Å². The molecule has 16 heavy (non-hydrogen) atoms. The van der Waals surface area contributed by atoms with Crippen LogP contribution >= 0.6 is 27.5 Å². The van der Waals surface area contributed by atoms with E-state index in [1.165, 1.54) is 7.11 Å². The molecule has 1 aromatic carbocycles. The number of rotatable bonds is 3. The molecule has 0 spiro atoms. The first kappa shape index (κ1) is 13.0. The van der Waals surface area contributed by atoms with E-state index in [2.05, 4.69) is 26.7 Å². The molecule has 0 bridgehead atoms. The first-order valence-electron chi connectivity index (χ1n) is 4.47. The minimum absolute atomic E-state index is 0.133. The monoisotopic (exact) mass is 301 g/mol. The topological polar surface area (TPSA) is 50.1 Å². The van der Waals surface area contributed by atoms with Gasteiger partial charge in [0.1, 0.15) is 6.07 Å². The molecule has 3 nitrogen and oxygen atoms in total. The summed E-state index contributed by atoms with van der Waals surface area (Å²) in [5, 5.41) is 8.99. The van der Waals surface area contributed by atoms with Crippen LogP contribution in [0.3, 0.4) is 0 Å². The van der Waals surface area contributed by atoms with E-state index in [4.69, 9.17) is 16.9 Å². The number of hydrogen-bond acceptors (Lipinski definition) is 3. The molecule has 0 aromatic heterocycles. The highest BCUT2D eigenvalue weighted by molar-refractivity contribution is 9.10. The maximum Gasteiger partial charge on any atom is 0.310 e. The Bertz CT molecular complexity index is 454. The summed E-state index contributed by atoms with van der Waals surface area (Å²) in [6.07, 6.45) is 0.133. The maximum absolute atomic E-state index is 11.1. The van der Waals surface area contributed by atoms with Gasteiger partial charge in [-0.25, -0.2) is 0 Å². The second-order valence-electron chi connectivity index (χ2n) is 3.07. The van der Waals surface area contributed by atoms with E-state index >= 15 is 0 Å². The molecular formula is C11H9BrClNO2. The smallest absolute Gasteiger partial charge is 0.310 e. The Labute approximate surface area is 107 Å². The summed E-state index contributed by atoms with van der Waals surface area (Å²) in [5.41, 5.74) is 1.93. The van der Waals surface area contributed by atoms with E-state index in [-0.39, 0.29) is 18.3 Å². The van der Waals surface area contributed by atoms with Gasteiger partial charge in [0.2, 0.25) is 0 Å². The van der Waals surface area contributed by atoms with Crippen molar-refractivity contribution >= 4 is 33.5 Å². The molecule has 0 unspecified atom stereocenters. The number of carbonyl (C=O) groups excluding carboxylic acids is 1. The SMILES string of the molecule is COC(=O)Cc1ccc(CCl)c(C#N)c1Br. The number of hydrogen-bond donors (Lipinski definition) is 0. The fourth-order valence-corrected chi connectivity index (χ4v) is 2.09. The zero-order chi connectivity index (χ0) is 12.1. The lowest BCUT2D eigenvalue weighted by molar-refractivity contribution is -0.139. The van der Waals surface area contributed by atoms with E-state index < -0.39 is 0 Å². The average molecular weight is 303 g/mol. The van der Waals surface area contributed by atoms with E-state index in [1.807, 2.05) is 0 Å². The van der Waals surface area contributed by atoms with Crippen molar-refractivity contribution in [3.63, 3.8) is 0 Å². The zero-order valence-corrected chi connectivity index (χ0v) is 10.9. The molecule has 0 heterocycles. The normalized spacial score (nSPS) is 9.62. The highest BCUT2D eigenvalue weighted by Gasteiger charge is 2.13. The number of halogens is 2. The number of carbonyl (C=O) groups is 1. The van der Waals surface area contributed by atoms with Gasteiger partial charge in [0.25, 0.3) is 0 Å². The van der Waals surface area contributed by atoms with Gasteiger partial charge in [-0.1, -0.05) is 12.1 Å². The minimum Gasteiger partial charge on any atom is -0.469 e. The van der Waals surface area contributed by atoms with Crippen molar-refractivity contribution in [1.29, 1.82) is 5.26 Å². The Morgan fingerprint density at radius 2 is 2.19 bits per heavy atom. The number of ether oxygens (including phenoxy) is 1. The zero-order valence-electron chi connectivity index (χ0n) is 8.59. The lowest BCUT2D eigenvalue weighted by Crippen LogP contribution is -2.06. The van der Waals surface area contributed by atoms with E-state index in [0.717, 1.165) is 11.1 Å². The summed E-state index contributed by atoms with van der Waals surface area (Å²) in [5.74, 6) is -0.0804. The van der Waals surface area contributed by atoms with Crippen molar-refractivity contribution in [2.45, 2.75) is 12.3 Å². The molecule has 0 atom stereocenters. The Morgan fingerprint density at radius 3 is 2.69 bits per heavy atom. The highest BCUT2D eigenvalue weighted by atomic mass is 79.9. The van der Waals surface area contributed by atoms with Crippen LogP contribution in [0, 0.1) is 11.3 Å². The lowest BCUT2D eigenvalue weighted by Gasteiger charge is -2.07. The summed E-state index contributed by atoms with van der Waals surface area (Å²) in [6, 6.07) is 5.57. The first-order chi connectivity index (χ1) is 7.63. The van der Waals surface area contributed by atoms with Gasteiger partial charge in [0, 0.05) is 10.4 Å². The molecule has 84 valence electrons.